The molecule has 0 aliphatic heterocycles. The Bertz CT molecular complexity index is 1530. The van der Waals surface area contributed by atoms with Crippen molar-refractivity contribution in [2.24, 2.45) is 0 Å². The predicted molar refractivity (Wildman–Crippen MR) is 331 cm³/mol. The predicted octanol–water partition coefficient (Wildman–Crippen LogP) is 21.1. The Morgan fingerprint density at radius 1 is 0.338 bits per heavy atom. The average molecular weight is 1020 g/mol. The van der Waals surface area contributed by atoms with Crippen LogP contribution in [0.15, 0.2) is 146 Å². The van der Waals surface area contributed by atoms with Gasteiger partial charge in [0.2, 0.25) is 5.91 Å². The molecule has 0 rings (SSSR count). The summed E-state index contributed by atoms with van der Waals surface area (Å²) in [6.45, 7) is 4.18. The maximum Gasteiger partial charge on any atom is 0.220 e. The summed E-state index contributed by atoms with van der Waals surface area (Å²) in [6, 6.07) is -0.666. The van der Waals surface area contributed by atoms with Gasteiger partial charge in [0.1, 0.15) is 0 Å². The van der Waals surface area contributed by atoms with Crippen LogP contribution in [-0.4, -0.2) is 34.9 Å². The van der Waals surface area contributed by atoms with Gasteiger partial charge < -0.3 is 15.5 Å². The summed E-state index contributed by atoms with van der Waals surface area (Å²) in [7, 11) is 0. The van der Waals surface area contributed by atoms with Crippen LogP contribution in [0.1, 0.15) is 271 Å². The molecule has 0 saturated heterocycles. The molecule has 0 spiro atoms. The van der Waals surface area contributed by atoms with Crippen molar-refractivity contribution in [3.05, 3.63) is 146 Å². The summed E-state index contributed by atoms with van der Waals surface area (Å²) in [6.07, 6.45) is 100. The second kappa shape index (κ2) is 63.6. The second-order valence-corrected chi connectivity index (χ2v) is 20.4. The molecule has 4 heteroatoms. The first-order valence-electron chi connectivity index (χ1n) is 31.0. The van der Waals surface area contributed by atoms with Gasteiger partial charge in [-0.1, -0.05) is 301 Å². The Kier molecular flexibility index (Phi) is 60.4. The fraction of sp³-hybridized carbons (Fsp3) is 0.643. The minimum atomic E-state index is -0.886. The molecule has 420 valence electrons. The quantitative estimate of drug-likeness (QED) is 0.0420. The van der Waals surface area contributed by atoms with Crippen molar-refractivity contribution in [1.29, 1.82) is 0 Å². The fourth-order valence-corrected chi connectivity index (χ4v) is 8.64. The number of aliphatic hydroxyl groups excluding tert-OH is 2. The number of carbonyl (C=O) groups is 1. The minimum absolute atomic E-state index is 0.102. The summed E-state index contributed by atoms with van der Waals surface area (Å²) in [4.78, 5) is 12.5. The van der Waals surface area contributed by atoms with Gasteiger partial charge in [-0.3, -0.25) is 4.79 Å². The van der Waals surface area contributed by atoms with Gasteiger partial charge in [-0.2, -0.15) is 0 Å². The number of allylic oxidation sites excluding steroid dienone is 23. The van der Waals surface area contributed by atoms with E-state index < -0.39 is 12.1 Å². The SMILES string of the molecule is CC/C=C\C/C=C\C/C=C\C/C=C\C/C=C\C/C=C\C/C=C\C/C=C\C/C=C\C/C=C\CCCCCCC(=O)NC(CO)C(O)/C=C/CC/C=C/CCCCCCCCCCCCCCCCCCCCCCC. The van der Waals surface area contributed by atoms with Crippen LogP contribution in [-0.2, 0) is 4.79 Å². The third kappa shape index (κ3) is 59.2. The smallest absolute Gasteiger partial charge is 0.220 e. The molecule has 0 radical (unpaired) electrons. The Hall–Kier alpha value is -3.73. The lowest BCUT2D eigenvalue weighted by atomic mass is 10.0. The van der Waals surface area contributed by atoms with Crippen LogP contribution in [0.5, 0.6) is 0 Å². The van der Waals surface area contributed by atoms with Crippen molar-refractivity contribution in [2.45, 2.75) is 283 Å². The molecule has 0 aliphatic rings. The highest BCUT2D eigenvalue weighted by atomic mass is 16.3. The monoisotopic (exact) mass is 1020 g/mol. The van der Waals surface area contributed by atoms with Crippen molar-refractivity contribution >= 4 is 5.91 Å². The van der Waals surface area contributed by atoms with Crippen molar-refractivity contribution in [3.8, 4) is 0 Å². The van der Waals surface area contributed by atoms with Gasteiger partial charge in [-0.05, 0) is 109 Å². The highest BCUT2D eigenvalue weighted by Gasteiger charge is 2.18. The first-order valence-corrected chi connectivity index (χ1v) is 31.0. The third-order valence-electron chi connectivity index (χ3n) is 13.3. The molecule has 0 aromatic heterocycles. The van der Waals surface area contributed by atoms with E-state index in [0.717, 1.165) is 116 Å². The minimum Gasteiger partial charge on any atom is -0.394 e. The van der Waals surface area contributed by atoms with Crippen LogP contribution < -0.4 is 5.32 Å². The molecular weight excluding hydrogens is 903 g/mol. The van der Waals surface area contributed by atoms with E-state index in [4.69, 9.17) is 0 Å². The van der Waals surface area contributed by atoms with Crippen LogP contribution in [0.25, 0.3) is 0 Å². The molecule has 0 aliphatic carbocycles. The molecule has 0 fully saturated rings. The van der Waals surface area contributed by atoms with Crippen LogP contribution in [0.4, 0.5) is 0 Å². The van der Waals surface area contributed by atoms with E-state index in [0.29, 0.717) is 6.42 Å². The summed E-state index contributed by atoms with van der Waals surface area (Å²) < 4.78 is 0. The van der Waals surface area contributed by atoms with Gasteiger partial charge in [0.15, 0.2) is 0 Å². The molecule has 3 N–H and O–H groups in total. The lowest BCUT2D eigenvalue weighted by Crippen LogP contribution is -2.45. The molecule has 0 saturated carbocycles. The van der Waals surface area contributed by atoms with Gasteiger partial charge in [0, 0.05) is 6.42 Å². The summed E-state index contributed by atoms with van der Waals surface area (Å²) >= 11 is 0. The fourth-order valence-electron chi connectivity index (χ4n) is 8.64. The molecule has 0 aromatic carbocycles. The van der Waals surface area contributed by atoms with E-state index in [2.05, 4.69) is 153 Å². The lowest BCUT2D eigenvalue weighted by Gasteiger charge is -2.19. The van der Waals surface area contributed by atoms with Crippen molar-refractivity contribution < 1.29 is 15.0 Å². The number of amides is 1. The Balaban J connectivity index is 3.68. The average Bonchev–Trinajstić information content (AvgIpc) is 3.40. The van der Waals surface area contributed by atoms with Gasteiger partial charge in [0.05, 0.1) is 18.8 Å². The number of nitrogens with one attached hydrogen (secondary N) is 1. The van der Waals surface area contributed by atoms with E-state index in [1.807, 2.05) is 6.08 Å². The molecule has 74 heavy (non-hydrogen) atoms. The lowest BCUT2D eigenvalue weighted by molar-refractivity contribution is -0.123. The molecular formula is C70H117NO3. The van der Waals surface area contributed by atoms with E-state index in [1.54, 1.807) is 6.08 Å². The highest BCUT2D eigenvalue weighted by Crippen LogP contribution is 2.16. The summed E-state index contributed by atoms with van der Waals surface area (Å²) in [5.41, 5.74) is 0. The number of carbonyl (C=O) groups excluding carboxylic acids is 1. The Labute approximate surface area is 459 Å². The molecule has 1 amide bonds. The second-order valence-electron chi connectivity index (χ2n) is 20.4. The number of rotatable bonds is 55. The zero-order chi connectivity index (χ0) is 53.4. The van der Waals surface area contributed by atoms with Crippen LogP contribution in [0.3, 0.4) is 0 Å². The Morgan fingerprint density at radius 3 is 0.946 bits per heavy atom. The van der Waals surface area contributed by atoms with E-state index in [-0.39, 0.29) is 12.5 Å². The van der Waals surface area contributed by atoms with Gasteiger partial charge in [0.25, 0.3) is 0 Å². The van der Waals surface area contributed by atoms with Crippen molar-refractivity contribution in [3.63, 3.8) is 0 Å². The number of unbranched alkanes of at least 4 members (excludes halogenated alkanes) is 26. The summed E-state index contributed by atoms with van der Waals surface area (Å²) in [5.74, 6) is -0.102. The van der Waals surface area contributed by atoms with Gasteiger partial charge in [-0.15, -0.1) is 0 Å². The van der Waals surface area contributed by atoms with Crippen molar-refractivity contribution in [1.82, 2.24) is 5.32 Å². The molecule has 0 aromatic rings. The van der Waals surface area contributed by atoms with Crippen molar-refractivity contribution in [2.75, 3.05) is 6.61 Å². The normalized spacial score (nSPS) is 13.8. The first kappa shape index (κ1) is 70.3. The van der Waals surface area contributed by atoms with Gasteiger partial charge in [-0.25, -0.2) is 0 Å². The van der Waals surface area contributed by atoms with Gasteiger partial charge >= 0.3 is 0 Å². The first-order chi connectivity index (χ1) is 36.7. The van der Waals surface area contributed by atoms with Crippen LogP contribution in [0, 0.1) is 0 Å². The zero-order valence-corrected chi connectivity index (χ0v) is 48.3. The van der Waals surface area contributed by atoms with Crippen LogP contribution in [0.2, 0.25) is 0 Å². The zero-order valence-electron chi connectivity index (χ0n) is 48.3. The third-order valence-corrected chi connectivity index (χ3v) is 13.3. The number of aliphatic hydroxyl groups is 2. The maximum absolute atomic E-state index is 12.5. The number of hydrogen-bond acceptors (Lipinski definition) is 3. The van der Waals surface area contributed by atoms with E-state index in [1.165, 1.54) is 135 Å². The van der Waals surface area contributed by atoms with E-state index >= 15 is 0 Å². The molecule has 0 heterocycles. The summed E-state index contributed by atoms with van der Waals surface area (Å²) in [5, 5.41) is 23.2. The molecule has 2 unspecified atom stereocenters. The molecule has 4 nitrogen and oxygen atoms in total. The number of hydrogen-bond donors (Lipinski definition) is 3. The largest absolute Gasteiger partial charge is 0.394 e. The Morgan fingerprint density at radius 2 is 0.608 bits per heavy atom. The standard InChI is InChI=1S/C70H117NO3/c1-3-5-7-9-11-13-15-17-19-21-23-25-27-29-31-32-33-34-35-36-37-38-40-42-44-46-48-50-52-54-56-58-60-62-64-66-70(74)71-68(67-72)69(73)65-63-61-59-57-55-53-51-49-47-45-43-41-39-30-28-26-24-22-20-18-16-14-12-10-8-6-4-2/h5,7,11,13,17,19,23,25,29,31,33-34,36-37,40,42,46,48,52,54-55,57,63,65,68-69,72-73H,3-4,6,8-10,12,14-16,18,20-22,24,26-28,30,32,35,38-39,41,43-45,47,49-51,53,56,58-62,64,66-67H2,1-2H3,(H,71,74)/b7-5-,13-11-,19-17-,25-23-,31-29-,34-33-,37-36-,42-40-,48-46-,54-52-,57-55+,65-63+. The van der Waals surface area contributed by atoms with Crippen LogP contribution >= 0.6 is 0 Å². The molecule has 2 atom stereocenters. The van der Waals surface area contributed by atoms with E-state index in [9.17, 15) is 15.0 Å². The molecule has 0 bridgehead atoms. The maximum atomic E-state index is 12.5. The highest BCUT2D eigenvalue weighted by molar-refractivity contribution is 5.76. The topological polar surface area (TPSA) is 69.6 Å².